The number of fused-ring (bicyclic) bond motifs is 7. The Hall–Kier alpha value is -1.44. The van der Waals surface area contributed by atoms with E-state index in [9.17, 15) is 13.2 Å². The van der Waals surface area contributed by atoms with E-state index in [2.05, 4.69) is 70.5 Å². The lowest BCUT2D eigenvalue weighted by molar-refractivity contribution is -0.221. The molecule has 7 heteroatoms. The van der Waals surface area contributed by atoms with Gasteiger partial charge in [0.05, 0.1) is 11.5 Å². The van der Waals surface area contributed by atoms with Crippen molar-refractivity contribution in [1.82, 2.24) is 10.2 Å². The highest BCUT2D eigenvalue weighted by Gasteiger charge is 2.70. The molecule has 0 spiro atoms. The van der Waals surface area contributed by atoms with E-state index >= 15 is 0 Å². The first-order chi connectivity index (χ1) is 23.1. The van der Waals surface area contributed by atoms with Gasteiger partial charge in [0.25, 0.3) is 6.47 Å². The van der Waals surface area contributed by atoms with Crippen molar-refractivity contribution in [3.63, 3.8) is 0 Å². The molecule has 1 aliphatic heterocycles. The van der Waals surface area contributed by atoms with Crippen LogP contribution in [0.15, 0.2) is 35.5 Å². The molecule has 0 aromatic rings. The van der Waals surface area contributed by atoms with Gasteiger partial charge in [-0.1, -0.05) is 58.9 Å². The van der Waals surface area contributed by atoms with Gasteiger partial charge in [0.15, 0.2) is 9.84 Å². The van der Waals surface area contributed by atoms with E-state index in [-0.39, 0.29) is 17.1 Å². The van der Waals surface area contributed by atoms with E-state index in [0.29, 0.717) is 71.0 Å². The Balaban J connectivity index is 1.13. The van der Waals surface area contributed by atoms with Crippen molar-refractivity contribution < 1.29 is 17.9 Å². The third-order valence-corrected chi connectivity index (χ3v) is 18.6. The molecule has 4 saturated carbocycles. The zero-order chi connectivity index (χ0) is 35.0. The van der Waals surface area contributed by atoms with Gasteiger partial charge < -0.3 is 15.0 Å². The van der Waals surface area contributed by atoms with Crippen molar-refractivity contribution in [2.75, 3.05) is 37.7 Å². The molecule has 1 unspecified atom stereocenters. The van der Waals surface area contributed by atoms with E-state index in [1.807, 2.05) is 0 Å². The molecule has 7 aliphatic rings. The molecule has 6 aliphatic carbocycles. The van der Waals surface area contributed by atoms with Gasteiger partial charge in [-0.3, -0.25) is 4.79 Å². The second-order valence-corrected chi connectivity index (χ2v) is 21.5. The predicted molar refractivity (Wildman–Crippen MR) is 199 cm³/mol. The lowest BCUT2D eigenvalue weighted by Gasteiger charge is -2.72. The maximum Gasteiger partial charge on any atom is 0.293 e. The Kier molecular flexibility index (Phi) is 9.25. The Morgan fingerprint density at radius 2 is 1.71 bits per heavy atom. The second kappa shape index (κ2) is 12.6. The van der Waals surface area contributed by atoms with Gasteiger partial charge in [-0.25, -0.2) is 8.42 Å². The summed E-state index contributed by atoms with van der Waals surface area (Å²) in [6.07, 6.45) is 19.4. The number of sulfone groups is 1. The third kappa shape index (κ3) is 5.68. The average Bonchev–Trinajstić information content (AvgIpc) is 3.43. The highest BCUT2D eigenvalue weighted by molar-refractivity contribution is 7.91. The number of hydrogen-bond donors (Lipinski definition) is 1. The molecule has 6 nitrogen and oxygen atoms in total. The molecule has 0 bridgehead atoms. The van der Waals surface area contributed by atoms with E-state index in [4.69, 9.17) is 4.74 Å². The van der Waals surface area contributed by atoms with Gasteiger partial charge in [0.1, 0.15) is 6.10 Å². The van der Waals surface area contributed by atoms with Crippen LogP contribution < -0.4 is 5.32 Å². The smallest absolute Gasteiger partial charge is 0.293 e. The van der Waals surface area contributed by atoms with Crippen LogP contribution in [0.4, 0.5) is 0 Å². The lowest BCUT2D eigenvalue weighted by atomic mass is 9.33. The zero-order valence-corrected chi connectivity index (χ0v) is 32.4. The Morgan fingerprint density at radius 3 is 2.39 bits per heavy atom. The number of rotatable bonds is 8. The van der Waals surface area contributed by atoms with Crippen molar-refractivity contribution in [3.8, 4) is 0 Å². The molecule has 1 heterocycles. The monoisotopic (exact) mass is 694 g/mol. The average molecular weight is 695 g/mol. The number of allylic oxidation sites excluding steroid dienone is 4. The van der Waals surface area contributed by atoms with Crippen LogP contribution in [0.3, 0.4) is 0 Å². The summed E-state index contributed by atoms with van der Waals surface area (Å²) >= 11 is 0. The van der Waals surface area contributed by atoms with E-state index in [1.54, 1.807) is 5.57 Å². The number of carbonyl (C=O) groups is 1. The highest BCUT2D eigenvalue weighted by Crippen LogP contribution is 2.76. The number of nitrogens with one attached hydrogen (secondary N) is 1. The summed E-state index contributed by atoms with van der Waals surface area (Å²) in [5.74, 6) is 3.94. The quantitative estimate of drug-likeness (QED) is 0.206. The van der Waals surface area contributed by atoms with Crippen LogP contribution in [0, 0.1) is 51.2 Å². The second-order valence-electron chi connectivity index (χ2n) is 19.2. The molecule has 49 heavy (non-hydrogen) atoms. The number of hydrogen-bond acceptors (Lipinski definition) is 6. The van der Waals surface area contributed by atoms with E-state index < -0.39 is 9.84 Å². The Bertz CT molecular complexity index is 1490. The molecule has 0 aromatic heterocycles. The molecule has 1 saturated heterocycles. The summed E-state index contributed by atoms with van der Waals surface area (Å²) in [5.41, 5.74) is 5.71. The molecule has 10 atom stereocenters. The third-order valence-electron chi connectivity index (χ3n) is 16.9. The van der Waals surface area contributed by atoms with Crippen LogP contribution in [0.2, 0.25) is 0 Å². The van der Waals surface area contributed by atoms with Crippen LogP contribution in [0.1, 0.15) is 119 Å². The Labute approximate surface area is 298 Å². The number of ether oxygens (including phenoxy) is 1. The first kappa shape index (κ1) is 35.9. The van der Waals surface area contributed by atoms with Crippen molar-refractivity contribution in [2.45, 2.75) is 130 Å². The first-order valence-electron chi connectivity index (χ1n) is 19.9. The molecule has 0 radical (unpaired) electrons. The van der Waals surface area contributed by atoms with Gasteiger partial charge in [-0.2, -0.15) is 0 Å². The SMILES string of the molecule is C=C(C)[C@@H]1CC[C@]2(NCCN3CCS(=O)(=O)CC3)CC[C@]3(C)[C@H](CC[C@@H]4[C@@]5(C)CC=C(C6=CCC(OC=O)CC6)C(C)(C)[C@@H]5CC[C@]43C)[C@@H]12. The van der Waals surface area contributed by atoms with Gasteiger partial charge in [-0.05, 0) is 140 Å². The summed E-state index contributed by atoms with van der Waals surface area (Å²) in [4.78, 5) is 13.3. The molecule has 0 aromatic carbocycles. The van der Waals surface area contributed by atoms with Crippen LogP contribution in [0.25, 0.3) is 0 Å². The number of carbonyl (C=O) groups excluding carboxylic acids is 1. The standard InChI is InChI=1S/C42H66N2O4S/c1-29(2)32-14-19-42(43-22-23-44-24-26-49(46,47)27-25-44)21-20-40(6)34(37(32)42)12-13-36-39(5)17-15-33(30-8-10-31(11-9-30)48-28-45)38(3,4)35(39)16-18-41(36,40)7/h8,15,28,31-32,34-37,43H,1,9-14,16-27H2,2-7H3/t31?,32-,34+,35-,36+,37+,39-,40+,41+,42-/m0/s1. The molecular weight excluding hydrogens is 629 g/mol. The van der Waals surface area contributed by atoms with E-state index in [1.165, 1.54) is 68.9 Å². The molecule has 274 valence electrons. The minimum Gasteiger partial charge on any atom is -0.464 e. The maximum atomic E-state index is 12.0. The van der Waals surface area contributed by atoms with Gasteiger partial charge in [0, 0.05) is 38.1 Å². The minimum atomic E-state index is -2.85. The molecule has 1 N–H and O–H groups in total. The van der Waals surface area contributed by atoms with Gasteiger partial charge in [-0.15, -0.1) is 0 Å². The fourth-order valence-corrected chi connectivity index (χ4v) is 15.6. The highest BCUT2D eigenvalue weighted by atomic mass is 32.2. The van der Waals surface area contributed by atoms with Crippen molar-refractivity contribution in [3.05, 3.63) is 35.5 Å². The summed E-state index contributed by atoms with van der Waals surface area (Å²) in [6.45, 7) is 24.0. The molecule has 0 amide bonds. The predicted octanol–water partition coefficient (Wildman–Crippen LogP) is 7.90. The first-order valence-corrected chi connectivity index (χ1v) is 21.7. The van der Waals surface area contributed by atoms with Crippen LogP contribution >= 0.6 is 0 Å². The Morgan fingerprint density at radius 1 is 0.959 bits per heavy atom. The fraction of sp³-hybridized carbons (Fsp3) is 0.833. The van der Waals surface area contributed by atoms with Crippen LogP contribution in [-0.4, -0.2) is 69.1 Å². The summed E-state index contributed by atoms with van der Waals surface area (Å²) in [7, 11) is -2.85. The lowest BCUT2D eigenvalue weighted by Crippen LogP contribution is -2.68. The van der Waals surface area contributed by atoms with Crippen molar-refractivity contribution in [1.29, 1.82) is 0 Å². The van der Waals surface area contributed by atoms with Gasteiger partial charge >= 0.3 is 0 Å². The molecule has 7 rings (SSSR count). The zero-order valence-electron chi connectivity index (χ0n) is 31.6. The van der Waals surface area contributed by atoms with Crippen molar-refractivity contribution in [2.24, 2.45) is 51.2 Å². The summed E-state index contributed by atoms with van der Waals surface area (Å²) in [6, 6.07) is 0. The number of nitrogens with zero attached hydrogens (tertiary/aromatic N) is 1. The van der Waals surface area contributed by atoms with Crippen LogP contribution in [-0.2, 0) is 19.4 Å². The van der Waals surface area contributed by atoms with E-state index in [0.717, 1.165) is 38.3 Å². The normalized spacial score (nSPS) is 45.8. The summed E-state index contributed by atoms with van der Waals surface area (Å²) < 4.78 is 29.4. The molecule has 5 fully saturated rings. The van der Waals surface area contributed by atoms with Crippen LogP contribution in [0.5, 0.6) is 0 Å². The minimum absolute atomic E-state index is 0.0368. The maximum absolute atomic E-state index is 12.0. The largest absolute Gasteiger partial charge is 0.464 e. The topological polar surface area (TPSA) is 75.7 Å². The molecular formula is C42H66N2O4S. The summed E-state index contributed by atoms with van der Waals surface area (Å²) in [5, 5.41) is 4.22. The van der Waals surface area contributed by atoms with Gasteiger partial charge in [0.2, 0.25) is 0 Å². The van der Waals surface area contributed by atoms with Crippen molar-refractivity contribution >= 4 is 16.3 Å². The fourth-order valence-electron chi connectivity index (χ4n) is 14.3.